The number of rotatable bonds is 3. The van der Waals surface area contributed by atoms with Crippen molar-refractivity contribution >= 4 is 34.6 Å². The molecule has 146 valence electrons. The molecule has 0 radical (unpaired) electrons. The second-order valence-electron chi connectivity index (χ2n) is 7.00. The van der Waals surface area contributed by atoms with E-state index in [4.69, 9.17) is 16.0 Å². The number of amides is 1. The van der Waals surface area contributed by atoms with Gasteiger partial charge in [-0.2, -0.15) is 18.2 Å². The van der Waals surface area contributed by atoms with Gasteiger partial charge in [0, 0.05) is 36.0 Å². The fraction of sp³-hybridized carbons (Fsp3) is 0.333. The topological polar surface area (TPSA) is 71.5 Å². The Morgan fingerprint density at radius 3 is 2.61 bits per heavy atom. The predicted molar refractivity (Wildman–Crippen MR) is 93.2 cm³/mol. The van der Waals surface area contributed by atoms with Crippen LogP contribution in [-0.2, 0) is 6.18 Å². The van der Waals surface area contributed by atoms with E-state index in [1.165, 1.54) is 0 Å². The number of nitrogens with one attached hydrogen (secondary N) is 1. The van der Waals surface area contributed by atoms with Crippen LogP contribution in [0.2, 0.25) is 5.02 Å². The summed E-state index contributed by atoms with van der Waals surface area (Å²) in [6.45, 7) is 1.28. The molecule has 1 aromatic carbocycles. The SMILES string of the molecule is O=C(NC1C2CN(c3nc4cc(Cl)ccc4o3)CC21)c1ccc(C(F)(F)F)o1. The Hall–Kier alpha value is -2.68. The Kier molecular flexibility index (Phi) is 3.67. The first-order valence-electron chi connectivity index (χ1n) is 8.58. The van der Waals surface area contributed by atoms with Crippen LogP contribution in [0.25, 0.3) is 11.1 Å². The molecule has 3 heterocycles. The summed E-state index contributed by atoms with van der Waals surface area (Å²) in [6, 6.07) is 7.40. The molecule has 2 aromatic heterocycles. The first kappa shape index (κ1) is 17.4. The zero-order valence-electron chi connectivity index (χ0n) is 14.2. The molecule has 1 aliphatic carbocycles. The average molecular weight is 412 g/mol. The summed E-state index contributed by atoms with van der Waals surface area (Å²) in [7, 11) is 0. The maximum Gasteiger partial charge on any atom is 0.449 e. The van der Waals surface area contributed by atoms with Crippen molar-refractivity contribution in [2.24, 2.45) is 11.8 Å². The van der Waals surface area contributed by atoms with E-state index in [9.17, 15) is 18.0 Å². The van der Waals surface area contributed by atoms with Gasteiger partial charge >= 0.3 is 6.18 Å². The van der Waals surface area contributed by atoms with Gasteiger partial charge in [0.1, 0.15) is 5.52 Å². The molecule has 3 aromatic rings. The molecule has 1 saturated heterocycles. The highest BCUT2D eigenvalue weighted by Gasteiger charge is 2.57. The Morgan fingerprint density at radius 1 is 1.18 bits per heavy atom. The molecule has 0 spiro atoms. The molecule has 28 heavy (non-hydrogen) atoms. The number of piperidine rings is 1. The largest absolute Gasteiger partial charge is 0.449 e. The van der Waals surface area contributed by atoms with Gasteiger partial charge in [-0.3, -0.25) is 4.79 Å². The van der Waals surface area contributed by atoms with Crippen molar-refractivity contribution in [2.75, 3.05) is 18.0 Å². The van der Waals surface area contributed by atoms with Crippen LogP contribution in [-0.4, -0.2) is 30.0 Å². The molecule has 5 rings (SSSR count). The number of furan rings is 1. The number of hydrogen-bond acceptors (Lipinski definition) is 5. The van der Waals surface area contributed by atoms with Crippen molar-refractivity contribution in [3.8, 4) is 0 Å². The summed E-state index contributed by atoms with van der Waals surface area (Å²) in [5, 5.41) is 3.32. The normalized spacial score (nSPS) is 23.9. The third-order valence-corrected chi connectivity index (χ3v) is 5.44. The summed E-state index contributed by atoms with van der Waals surface area (Å²) >= 11 is 5.96. The highest BCUT2D eigenvalue weighted by molar-refractivity contribution is 6.31. The van der Waals surface area contributed by atoms with Crippen molar-refractivity contribution in [1.29, 1.82) is 0 Å². The molecule has 6 nitrogen and oxygen atoms in total. The lowest BCUT2D eigenvalue weighted by atomic mass is 10.3. The lowest BCUT2D eigenvalue weighted by Gasteiger charge is -2.17. The first-order chi connectivity index (χ1) is 13.3. The van der Waals surface area contributed by atoms with Crippen LogP contribution in [0.5, 0.6) is 0 Å². The van der Waals surface area contributed by atoms with E-state index in [0.29, 0.717) is 35.2 Å². The van der Waals surface area contributed by atoms with Gasteiger partial charge in [-0.15, -0.1) is 0 Å². The summed E-state index contributed by atoms with van der Waals surface area (Å²) in [5.74, 6) is -1.78. The fourth-order valence-electron chi connectivity index (χ4n) is 3.76. The van der Waals surface area contributed by atoms with Crippen LogP contribution < -0.4 is 10.2 Å². The Morgan fingerprint density at radius 2 is 1.93 bits per heavy atom. The smallest absolute Gasteiger partial charge is 0.446 e. The molecule has 0 bridgehead atoms. The van der Waals surface area contributed by atoms with E-state index in [1.807, 2.05) is 4.90 Å². The van der Waals surface area contributed by atoms with E-state index >= 15 is 0 Å². The Labute approximate surface area is 161 Å². The molecule has 1 N–H and O–H groups in total. The van der Waals surface area contributed by atoms with Crippen molar-refractivity contribution in [2.45, 2.75) is 12.2 Å². The molecule has 1 aliphatic heterocycles. The number of halogens is 4. The summed E-state index contributed by atoms with van der Waals surface area (Å²) in [5.41, 5.74) is 1.31. The molecule has 2 atom stereocenters. The quantitative estimate of drug-likeness (QED) is 0.706. The Balaban J connectivity index is 1.21. The van der Waals surface area contributed by atoms with Gasteiger partial charge in [-0.25, -0.2) is 0 Å². The lowest BCUT2D eigenvalue weighted by Crippen LogP contribution is -2.34. The number of carbonyl (C=O) groups excluding carboxylic acids is 1. The van der Waals surface area contributed by atoms with E-state index in [0.717, 1.165) is 12.1 Å². The number of benzene rings is 1. The van der Waals surface area contributed by atoms with Crippen LogP contribution >= 0.6 is 11.6 Å². The minimum atomic E-state index is -4.61. The molecule has 1 saturated carbocycles. The van der Waals surface area contributed by atoms with Crippen molar-refractivity contribution < 1.29 is 26.8 Å². The third-order valence-electron chi connectivity index (χ3n) is 5.21. The van der Waals surface area contributed by atoms with E-state index in [1.54, 1.807) is 18.2 Å². The maximum atomic E-state index is 12.6. The molecule has 10 heteroatoms. The molecule has 2 fully saturated rings. The highest BCUT2D eigenvalue weighted by atomic mass is 35.5. The van der Waals surface area contributed by atoms with Crippen LogP contribution in [0.4, 0.5) is 19.2 Å². The number of hydrogen-bond donors (Lipinski definition) is 1. The maximum absolute atomic E-state index is 12.6. The zero-order chi connectivity index (χ0) is 19.6. The van der Waals surface area contributed by atoms with Crippen molar-refractivity contribution in [3.63, 3.8) is 0 Å². The van der Waals surface area contributed by atoms with Crippen LogP contribution in [0, 0.1) is 11.8 Å². The zero-order valence-corrected chi connectivity index (χ0v) is 14.9. The van der Waals surface area contributed by atoms with Gasteiger partial charge in [-0.05, 0) is 30.3 Å². The second kappa shape index (κ2) is 5.91. The molecular formula is C18H13ClF3N3O3. The van der Waals surface area contributed by atoms with Crippen molar-refractivity contribution in [3.05, 3.63) is 46.9 Å². The lowest BCUT2D eigenvalue weighted by molar-refractivity contribution is -0.153. The van der Waals surface area contributed by atoms with Crippen LogP contribution in [0.3, 0.4) is 0 Å². The van der Waals surface area contributed by atoms with E-state index in [2.05, 4.69) is 14.7 Å². The third kappa shape index (κ3) is 2.90. The number of oxazole rings is 1. The summed E-state index contributed by atoms with van der Waals surface area (Å²) in [4.78, 5) is 18.6. The summed E-state index contributed by atoms with van der Waals surface area (Å²) in [6.07, 6.45) is -4.61. The van der Waals surface area contributed by atoms with E-state index in [-0.39, 0.29) is 23.6 Å². The number of aromatic nitrogens is 1. The predicted octanol–water partition coefficient (Wildman–Crippen LogP) is 3.96. The minimum Gasteiger partial charge on any atom is -0.446 e. The highest BCUT2D eigenvalue weighted by Crippen LogP contribution is 2.47. The van der Waals surface area contributed by atoms with Crippen LogP contribution in [0.1, 0.15) is 16.3 Å². The standard InChI is InChI=1S/C18H13ClF3N3O3/c19-8-1-2-12-11(5-8)23-17(28-12)25-6-9-10(7-25)15(9)24-16(26)13-3-4-14(27-13)18(20,21)22/h1-5,9-10,15H,6-7H2,(H,24,26). The summed E-state index contributed by atoms with van der Waals surface area (Å²) < 4.78 is 48.1. The first-order valence-corrected chi connectivity index (χ1v) is 8.96. The minimum absolute atomic E-state index is 0.0954. The van der Waals surface area contributed by atoms with Crippen LogP contribution in [0.15, 0.2) is 39.2 Å². The average Bonchev–Trinajstić information content (AvgIpc) is 3.15. The van der Waals surface area contributed by atoms with Gasteiger partial charge in [0.25, 0.3) is 11.9 Å². The molecular weight excluding hydrogens is 399 g/mol. The van der Waals surface area contributed by atoms with Gasteiger partial charge in [0.15, 0.2) is 11.3 Å². The van der Waals surface area contributed by atoms with Gasteiger partial charge in [0.2, 0.25) is 5.76 Å². The van der Waals surface area contributed by atoms with Gasteiger partial charge < -0.3 is 19.1 Å². The van der Waals surface area contributed by atoms with E-state index < -0.39 is 17.8 Å². The molecule has 2 aliphatic rings. The number of nitrogens with zero attached hydrogens (tertiary/aromatic N) is 2. The van der Waals surface area contributed by atoms with Gasteiger partial charge in [-0.1, -0.05) is 11.6 Å². The Bertz CT molecular complexity index is 1060. The number of carbonyl (C=O) groups is 1. The number of fused-ring (bicyclic) bond motifs is 2. The molecule has 2 unspecified atom stereocenters. The van der Waals surface area contributed by atoms with Crippen molar-refractivity contribution in [1.82, 2.24) is 10.3 Å². The monoisotopic (exact) mass is 411 g/mol. The number of anilines is 1. The second-order valence-corrected chi connectivity index (χ2v) is 7.44. The number of alkyl halides is 3. The fourth-order valence-corrected chi connectivity index (χ4v) is 3.92. The molecule has 1 amide bonds. The van der Waals surface area contributed by atoms with Gasteiger partial charge in [0.05, 0.1) is 0 Å².